The zero-order valence-electron chi connectivity index (χ0n) is 19.6. The van der Waals surface area contributed by atoms with E-state index in [2.05, 4.69) is 10.2 Å². The highest BCUT2D eigenvalue weighted by atomic mass is 16.6. The van der Waals surface area contributed by atoms with Crippen LogP contribution in [0, 0.1) is 5.92 Å². The molecule has 2 saturated heterocycles. The van der Waals surface area contributed by atoms with Gasteiger partial charge < -0.3 is 24.3 Å². The molecular formula is C23H36N4O5. The molecule has 9 nitrogen and oxygen atoms in total. The fourth-order valence-corrected chi connectivity index (χ4v) is 4.19. The molecule has 1 aromatic rings. The number of carbonyl (C=O) groups excluding carboxylic acids is 3. The molecule has 0 saturated carbocycles. The van der Waals surface area contributed by atoms with Gasteiger partial charge >= 0.3 is 6.09 Å². The molecule has 1 aromatic heterocycles. The van der Waals surface area contributed by atoms with Gasteiger partial charge in [0.1, 0.15) is 5.60 Å². The maximum absolute atomic E-state index is 13.0. The minimum Gasteiger partial charge on any atom is -0.459 e. The smallest absolute Gasteiger partial charge is 0.407 e. The van der Waals surface area contributed by atoms with Crippen LogP contribution in [-0.4, -0.2) is 90.1 Å². The molecule has 178 valence electrons. The standard InChI is InChI=1S/C23H36N4O5/c1-17(25-9-7-18(8-10-25)16-24-22(30)32-23(2,3)4)20(28)26-11-13-27(14-12-26)21(29)19-6-5-15-31-19/h5-6,15,17-18H,7-14,16H2,1-4H3,(H,24,30). The minimum atomic E-state index is -0.499. The highest BCUT2D eigenvalue weighted by molar-refractivity contribution is 5.91. The van der Waals surface area contributed by atoms with Crippen LogP contribution in [0.1, 0.15) is 51.1 Å². The van der Waals surface area contributed by atoms with E-state index in [4.69, 9.17) is 9.15 Å². The molecule has 1 unspecified atom stereocenters. The number of alkyl carbamates (subject to hydrolysis) is 1. The summed E-state index contributed by atoms with van der Waals surface area (Å²) in [4.78, 5) is 43.1. The lowest BCUT2D eigenvalue weighted by atomic mass is 9.95. The number of ether oxygens (including phenoxy) is 1. The number of hydrogen-bond acceptors (Lipinski definition) is 6. The van der Waals surface area contributed by atoms with E-state index in [1.807, 2.05) is 32.6 Å². The predicted octanol–water partition coefficient (Wildman–Crippen LogP) is 2.19. The average molecular weight is 449 g/mol. The van der Waals surface area contributed by atoms with Crippen molar-refractivity contribution in [3.63, 3.8) is 0 Å². The third-order valence-corrected chi connectivity index (χ3v) is 6.10. The second-order valence-corrected chi connectivity index (χ2v) is 9.63. The number of piperidine rings is 1. The molecule has 32 heavy (non-hydrogen) atoms. The van der Waals surface area contributed by atoms with Gasteiger partial charge in [0, 0.05) is 32.7 Å². The van der Waals surface area contributed by atoms with Gasteiger partial charge in [0.05, 0.1) is 12.3 Å². The van der Waals surface area contributed by atoms with Crippen molar-refractivity contribution in [3.8, 4) is 0 Å². The number of likely N-dealkylation sites (tertiary alicyclic amines) is 1. The Kier molecular flexibility index (Phi) is 7.82. The van der Waals surface area contributed by atoms with E-state index in [1.54, 1.807) is 17.0 Å². The third-order valence-electron chi connectivity index (χ3n) is 6.10. The number of piperazine rings is 1. The van der Waals surface area contributed by atoms with E-state index < -0.39 is 5.60 Å². The SMILES string of the molecule is CC(C(=O)N1CCN(C(=O)c2ccco2)CC1)N1CCC(CNC(=O)OC(C)(C)C)CC1. The summed E-state index contributed by atoms with van der Waals surface area (Å²) in [5.41, 5.74) is -0.499. The molecule has 0 bridgehead atoms. The van der Waals surface area contributed by atoms with Crippen LogP contribution in [0.15, 0.2) is 22.8 Å². The van der Waals surface area contributed by atoms with Gasteiger partial charge in [-0.25, -0.2) is 4.79 Å². The molecule has 3 heterocycles. The van der Waals surface area contributed by atoms with E-state index in [1.165, 1.54) is 6.26 Å². The lowest BCUT2D eigenvalue weighted by molar-refractivity contribution is -0.138. The Morgan fingerprint density at radius 3 is 2.28 bits per heavy atom. The third kappa shape index (κ3) is 6.48. The monoisotopic (exact) mass is 448 g/mol. The number of rotatable bonds is 5. The van der Waals surface area contributed by atoms with Crippen LogP contribution in [0.2, 0.25) is 0 Å². The molecule has 0 spiro atoms. The lowest BCUT2D eigenvalue weighted by Crippen LogP contribution is -2.56. The lowest BCUT2D eigenvalue weighted by Gasteiger charge is -2.40. The maximum Gasteiger partial charge on any atom is 0.407 e. The van der Waals surface area contributed by atoms with Crippen molar-refractivity contribution < 1.29 is 23.5 Å². The summed E-state index contributed by atoms with van der Waals surface area (Å²) in [6, 6.07) is 3.17. The van der Waals surface area contributed by atoms with Crippen molar-refractivity contribution in [1.29, 1.82) is 0 Å². The molecule has 9 heteroatoms. The van der Waals surface area contributed by atoms with Crippen molar-refractivity contribution in [3.05, 3.63) is 24.2 Å². The van der Waals surface area contributed by atoms with Crippen LogP contribution in [-0.2, 0) is 9.53 Å². The second-order valence-electron chi connectivity index (χ2n) is 9.63. The van der Waals surface area contributed by atoms with Crippen LogP contribution in [0.4, 0.5) is 4.79 Å². The molecule has 2 aliphatic heterocycles. The number of nitrogens with one attached hydrogen (secondary N) is 1. The van der Waals surface area contributed by atoms with Crippen LogP contribution in [0.5, 0.6) is 0 Å². The Balaban J connectivity index is 1.39. The molecule has 2 aliphatic rings. The number of amides is 3. The van der Waals surface area contributed by atoms with E-state index in [0.717, 1.165) is 25.9 Å². The Hall–Kier alpha value is -2.55. The van der Waals surface area contributed by atoms with Crippen LogP contribution < -0.4 is 5.32 Å². The summed E-state index contributed by atoms with van der Waals surface area (Å²) in [5, 5.41) is 2.86. The Morgan fingerprint density at radius 1 is 1.09 bits per heavy atom. The Bertz CT molecular complexity index is 773. The number of carbonyl (C=O) groups is 3. The zero-order chi connectivity index (χ0) is 23.3. The second kappa shape index (κ2) is 10.4. The Morgan fingerprint density at radius 2 is 1.72 bits per heavy atom. The summed E-state index contributed by atoms with van der Waals surface area (Å²) in [5.74, 6) is 0.706. The van der Waals surface area contributed by atoms with Crippen molar-refractivity contribution in [2.45, 2.75) is 52.2 Å². The first-order valence-corrected chi connectivity index (χ1v) is 11.5. The highest BCUT2D eigenvalue weighted by Crippen LogP contribution is 2.20. The molecule has 1 N–H and O–H groups in total. The van der Waals surface area contributed by atoms with Crippen molar-refractivity contribution in [2.75, 3.05) is 45.8 Å². The van der Waals surface area contributed by atoms with Crippen molar-refractivity contribution >= 4 is 17.9 Å². The summed E-state index contributed by atoms with van der Waals surface area (Å²) in [6.07, 6.45) is 2.97. The molecule has 0 aromatic carbocycles. The van der Waals surface area contributed by atoms with Crippen LogP contribution in [0.25, 0.3) is 0 Å². The summed E-state index contributed by atoms with van der Waals surface area (Å²) < 4.78 is 10.5. The van der Waals surface area contributed by atoms with Gasteiger partial charge in [0.2, 0.25) is 5.91 Å². The maximum atomic E-state index is 13.0. The van der Waals surface area contributed by atoms with Gasteiger partial charge in [-0.15, -0.1) is 0 Å². The van der Waals surface area contributed by atoms with Crippen molar-refractivity contribution in [2.24, 2.45) is 5.92 Å². The fourth-order valence-electron chi connectivity index (χ4n) is 4.19. The first-order valence-electron chi connectivity index (χ1n) is 11.5. The minimum absolute atomic E-state index is 0.112. The summed E-state index contributed by atoms with van der Waals surface area (Å²) in [6.45, 7) is 11.8. The normalized spacial score (nSPS) is 19.5. The first kappa shape index (κ1) is 24.1. The molecule has 0 aliphatic carbocycles. The van der Waals surface area contributed by atoms with Gasteiger partial charge in [-0.2, -0.15) is 0 Å². The Labute approximate surface area is 190 Å². The molecular weight excluding hydrogens is 412 g/mol. The van der Waals surface area contributed by atoms with E-state index >= 15 is 0 Å². The molecule has 1 atom stereocenters. The number of nitrogens with zero attached hydrogens (tertiary/aromatic N) is 3. The van der Waals surface area contributed by atoms with Gasteiger partial charge in [-0.3, -0.25) is 14.5 Å². The van der Waals surface area contributed by atoms with Crippen molar-refractivity contribution in [1.82, 2.24) is 20.0 Å². The molecule has 3 amide bonds. The van der Waals surface area contributed by atoms with Gasteiger partial charge in [-0.05, 0) is 71.7 Å². The molecule has 3 rings (SSSR count). The summed E-state index contributed by atoms with van der Waals surface area (Å²) >= 11 is 0. The average Bonchev–Trinajstić information content (AvgIpc) is 3.30. The largest absolute Gasteiger partial charge is 0.459 e. The number of furan rings is 1. The van der Waals surface area contributed by atoms with Crippen LogP contribution in [0.3, 0.4) is 0 Å². The fraction of sp³-hybridized carbons (Fsp3) is 0.696. The quantitative estimate of drug-likeness (QED) is 0.742. The topological polar surface area (TPSA) is 95.3 Å². The van der Waals surface area contributed by atoms with E-state index in [9.17, 15) is 14.4 Å². The van der Waals surface area contributed by atoms with Crippen LogP contribution >= 0.6 is 0 Å². The summed E-state index contributed by atoms with van der Waals surface area (Å²) in [7, 11) is 0. The molecule has 2 fully saturated rings. The number of hydrogen-bond donors (Lipinski definition) is 1. The first-order chi connectivity index (χ1) is 15.1. The van der Waals surface area contributed by atoms with E-state index in [-0.39, 0.29) is 23.9 Å². The zero-order valence-corrected chi connectivity index (χ0v) is 19.6. The van der Waals surface area contributed by atoms with Gasteiger partial charge in [-0.1, -0.05) is 0 Å². The van der Waals surface area contributed by atoms with Gasteiger partial charge in [0.15, 0.2) is 5.76 Å². The predicted molar refractivity (Wildman–Crippen MR) is 119 cm³/mol. The highest BCUT2D eigenvalue weighted by Gasteiger charge is 2.32. The van der Waals surface area contributed by atoms with E-state index in [0.29, 0.717) is 44.4 Å². The van der Waals surface area contributed by atoms with Gasteiger partial charge in [0.25, 0.3) is 5.91 Å². The molecule has 0 radical (unpaired) electrons.